The van der Waals surface area contributed by atoms with E-state index in [0.29, 0.717) is 12.3 Å². The van der Waals surface area contributed by atoms with Crippen LogP contribution in [0.25, 0.3) is 0 Å². The molecule has 1 saturated carbocycles. The molecule has 0 radical (unpaired) electrons. The normalized spacial score (nSPS) is 26.5. The van der Waals surface area contributed by atoms with Crippen molar-refractivity contribution < 1.29 is 13.6 Å². The summed E-state index contributed by atoms with van der Waals surface area (Å²) >= 11 is 0. The summed E-state index contributed by atoms with van der Waals surface area (Å²) in [7, 11) is 0. The number of carbonyl (C=O) groups excluding carboxylic acids is 1. The summed E-state index contributed by atoms with van der Waals surface area (Å²) in [6, 6.07) is 0. The number of carbonyl (C=O) groups is 1. The molecule has 1 saturated heterocycles. The van der Waals surface area contributed by atoms with Crippen molar-refractivity contribution in [2.75, 3.05) is 13.1 Å². The first-order chi connectivity index (χ1) is 6.36. The molecular formula is C10H15F2NO. The number of hydrogen-bond donors (Lipinski definition) is 0. The van der Waals surface area contributed by atoms with Crippen molar-refractivity contribution in [2.24, 2.45) is 11.3 Å². The van der Waals surface area contributed by atoms with Crippen LogP contribution in [0.15, 0.2) is 0 Å². The van der Waals surface area contributed by atoms with Crippen molar-refractivity contribution in [2.45, 2.75) is 32.6 Å². The van der Waals surface area contributed by atoms with E-state index in [2.05, 4.69) is 0 Å². The minimum absolute atomic E-state index is 0.0216. The first kappa shape index (κ1) is 9.87. The lowest BCUT2D eigenvalue weighted by Gasteiger charge is -2.40. The van der Waals surface area contributed by atoms with Crippen molar-refractivity contribution in [3.63, 3.8) is 0 Å². The quantitative estimate of drug-likeness (QED) is 0.671. The van der Waals surface area contributed by atoms with Crippen molar-refractivity contribution in [1.82, 2.24) is 4.90 Å². The number of alkyl halides is 2. The van der Waals surface area contributed by atoms with Crippen LogP contribution >= 0.6 is 0 Å². The Morgan fingerprint density at radius 2 is 1.93 bits per heavy atom. The maximum absolute atomic E-state index is 12.8. The second-order valence-corrected chi connectivity index (χ2v) is 5.01. The van der Waals surface area contributed by atoms with Crippen molar-refractivity contribution in [3.05, 3.63) is 0 Å². The van der Waals surface area contributed by atoms with Crippen LogP contribution in [0, 0.1) is 11.3 Å². The van der Waals surface area contributed by atoms with Gasteiger partial charge in [-0.05, 0) is 5.92 Å². The first-order valence-electron chi connectivity index (χ1n) is 5.02. The fourth-order valence-corrected chi connectivity index (χ4v) is 2.06. The highest BCUT2D eigenvalue weighted by Gasteiger charge is 2.76. The third-order valence-electron chi connectivity index (χ3n) is 3.13. The Labute approximate surface area is 82.3 Å². The highest BCUT2D eigenvalue weighted by molar-refractivity contribution is 5.77. The van der Waals surface area contributed by atoms with Crippen LogP contribution in [0.5, 0.6) is 0 Å². The van der Waals surface area contributed by atoms with Gasteiger partial charge in [0.25, 0.3) is 5.92 Å². The zero-order valence-electron chi connectivity index (χ0n) is 8.52. The molecule has 0 unspecified atom stereocenters. The molecule has 14 heavy (non-hydrogen) atoms. The van der Waals surface area contributed by atoms with Crippen LogP contribution in [0.4, 0.5) is 8.78 Å². The van der Waals surface area contributed by atoms with Crippen molar-refractivity contribution >= 4 is 5.91 Å². The largest absolute Gasteiger partial charge is 0.341 e. The van der Waals surface area contributed by atoms with E-state index >= 15 is 0 Å². The molecule has 0 atom stereocenters. The van der Waals surface area contributed by atoms with Gasteiger partial charge in [0.2, 0.25) is 5.91 Å². The molecule has 2 fully saturated rings. The second-order valence-electron chi connectivity index (χ2n) is 5.01. The number of halogens is 2. The fraction of sp³-hybridized carbons (Fsp3) is 0.900. The summed E-state index contributed by atoms with van der Waals surface area (Å²) in [5.74, 6) is -2.17. The van der Waals surface area contributed by atoms with Gasteiger partial charge in [-0.3, -0.25) is 4.79 Å². The van der Waals surface area contributed by atoms with Crippen LogP contribution in [-0.2, 0) is 4.79 Å². The molecule has 2 aliphatic rings. The average molecular weight is 203 g/mol. The zero-order valence-corrected chi connectivity index (χ0v) is 8.52. The van der Waals surface area contributed by atoms with E-state index in [1.165, 1.54) is 0 Å². The van der Waals surface area contributed by atoms with E-state index in [0.717, 1.165) is 0 Å². The third kappa shape index (κ3) is 1.31. The van der Waals surface area contributed by atoms with E-state index in [4.69, 9.17) is 0 Å². The Hall–Kier alpha value is -0.670. The molecule has 1 spiro atoms. The lowest BCUT2D eigenvalue weighted by Crippen LogP contribution is -2.54. The zero-order chi connectivity index (χ0) is 10.6. The van der Waals surface area contributed by atoms with Crippen molar-refractivity contribution in [3.8, 4) is 0 Å². The summed E-state index contributed by atoms with van der Waals surface area (Å²) in [5.41, 5.74) is -0.820. The lowest BCUT2D eigenvalue weighted by molar-refractivity contribution is -0.142. The van der Waals surface area contributed by atoms with Crippen LogP contribution in [0.2, 0.25) is 0 Å². The molecule has 1 amide bonds. The second kappa shape index (κ2) is 2.67. The molecule has 1 aliphatic heterocycles. The van der Waals surface area contributed by atoms with Gasteiger partial charge in [-0.2, -0.15) is 0 Å². The van der Waals surface area contributed by atoms with Crippen LogP contribution < -0.4 is 0 Å². The van der Waals surface area contributed by atoms with Gasteiger partial charge in [-0.15, -0.1) is 0 Å². The minimum atomic E-state index is -2.50. The van der Waals surface area contributed by atoms with E-state index < -0.39 is 11.3 Å². The van der Waals surface area contributed by atoms with E-state index in [1.54, 1.807) is 4.90 Å². The van der Waals surface area contributed by atoms with Gasteiger partial charge in [0.1, 0.15) is 0 Å². The Morgan fingerprint density at radius 3 is 2.29 bits per heavy atom. The van der Waals surface area contributed by atoms with E-state index in [1.807, 2.05) is 13.8 Å². The Morgan fingerprint density at radius 1 is 1.43 bits per heavy atom. The van der Waals surface area contributed by atoms with Gasteiger partial charge in [-0.1, -0.05) is 13.8 Å². The maximum atomic E-state index is 12.8. The number of likely N-dealkylation sites (tertiary alicyclic amines) is 1. The van der Waals surface area contributed by atoms with Gasteiger partial charge in [0, 0.05) is 25.9 Å². The molecule has 0 aromatic carbocycles. The van der Waals surface area contributed by atoms with E-state index in [-0.39, 0.29) is 25.4 Å². The average Bonchev–Trinajstić information content (AvgIpc) is 2.48. The predicted octanol–water partition coefficient (Wildman–Crippen LogP) is 1.90. The fourth-order valence-electron chi connectivity index (χ4n) is 2.06. The topological polar surface area (TPSA) is 20.3 Å². The number of rotatable bonds is 2. The molecule has 0 aromatic heterocycles. The van der Waals surface area contributed by atoms with Gasteiger partial charge in [-0.25, -0.2) is 8.78 Å². The molecule has 1 aliphatic carbocycles. The third-order valence-corrected chi connectivity index (χ3v) is 3.13. The number of hydrogen-bond acceptors (Lipinski definition) is 1. The molecule has 0 N–H and O–H groups in total. The molecule has 2 nitrogen and oxygen atoms in total. The summed E-state index contributed by atoms with van der Waals surface area (Å²) < 4.78 is 25.6. The summed E-state index contributed by atoms with van der Waals surface area (Å²) in [6.07, 6.45) is 0.451. The number of nitrogens with zero attached hydrogens (tertiary/aromatic N) is 1. The summed E-state index contributed by atoms with van der Waals surface area (Å²) in [5, 5.41) is 0. The Bertz CT molecular complexity index is 269. The van der Waals surface area contributed by atoms with Crippen molar-refractivity contribution in [1.29, 1.82) is 0 Å². The molecular weight excluding hydrogens is 188 g/mol. The Balaban J connectivity index is 1.81. The van der Waals surface area contributed by atoms with Gasteiger partial charge >= 0.3 is 0 Å². The lowest BCUT2D eigenvalue weighted by atomic mass is 9.94. The number of amides is 1. The highest BCUT2D eigenvalue weighted by atomic mass is 19.3. The van der Waals surface area contributed by atoms with Crippen LogP contribution in [-0.4, -0.2) is 29.8 Å². The van der Waals surface area contributed by atoms with Crippen LogP contribution in [0.3, 0.4) is 0 Å². The first-order valence-corrected chi connectivity index (χ1v) is 5.02. The maximum Gasteiger partial charge on any atom is 0.258 e. The monoisotopic (exact) mass is 203 g/mol. The molecule has 2 rings (SSSR count). The van der Waals surface area contributed by atoms with Gasteiger partial charge in [0.15, 0.2) is 0 Å². The molecule has 80 valence electrons. The highest BCUT2D eigenvalue weighted by Crippen LogP contribution is 2.65. The van der Waals surface area contributed by atoms with E-state index in [9.17, 15) is 13.6 Å². The summed E-state index contributed by atoms with van der Waals surface area (Å²) in [4.78, 5) is 13.0. The molecule has 0 bridgehead atoms. The molecule has 1 heterocycles. The Kier molecular flexibility index (Phi) is 1.88. The standard InChI is InChI=1S/C10H15F2NO/c1-7(2)3-8(14)13-5-9(6-13)4-10(9,11)12/h7H,3-6H2,1-2H3. The van der Waals surface area contributed by atoms with Gasteiger partial charge < -0.3 is 4.90 Å². The van der Waals surface area contributed by atoms with Crippen LogP contribution in [0.1, 0.15) is 26.7 Å². The summed E-state index contributed by atoms with van der Waals surface area (Å²) in [6.45, 7) is 4.45. The molecule has 4 heteroatoms. The van der Waals surface area contributed by atoms with Gasteiger partial charge in [0.05, 0.1) is 5.41 Å². The minimum Gasteiger partial charge on any atom is -0.341 e. The molecule has 0 aromatic rings. The predicted molar refractivity (Wildman–Crippen MR) is 48.0 cm³/mol. The SMILES string of the molecule is CC(C)CC(=O)N1CC2(C1)CC2(F)F. The smallest absolute Gasteiger partial charge is 0.258 e.